The minimum Gasteiger partial charge on any atom is -0.398 e. The topological polar surface area (TPSA) is 59.1 Å². The van der Waals surface area contributed by atoms with E-state index in [1.165, 1.54) is 4.88 Å². The minimum atomic E-state index is -0.495. The molecule has 1 unspecified atom stereocenters. The second-order valence-electron chi connectivity index (χ2n) is 3.74. The first-order valence-corrected chi connectivity index (χ1v) is 5.91. The van der Waals surface area contributed by atoms with Crippen molar-refractivity contribution in [2.75, 3.05) is 5.73 Å². The molecule has 4 heteroatoms. The molecule has 2 heterocycles. The van der Waals surface area contributed by atoms with Crippen LogP contribution in [0.3, 0.4) is 0 Å². The first-order chi connectivity index (χ1) is 7.66. The lowest BCUT2D eigenvalue weighted by atomic mass is 10.1. The van der Waals surface area contributed by atoms with Gasteiger partial charge in [0, 0.05) is 34.3 Å². The molecule has 0 amide bonds. The summed E-state index contributed by atoms with van der Waals surface area (Å²) in [6.45, 7) is 2.03. The van der Waals surface area contributed by atoms with E-state index in [1.807, 2.05) is 19.1 Å². The first kappa shape index (κ1) is 11.1. The van der Waals surface area contributed by atoms with Gasteiger partial charge in [0.1, 0.15) is 0 Å². The van der Waals surface area contributed by atoms with Gasteiger partial charge in [-0.1, -0.05) is 0 Å². The normalized spacial score (nSPS) is 12.6. The Morgan fingerprint density at radius 2 is 2.25 bits per heavy atom. The van der Waals surface area contributed by atoms with E-state index in [9.17, 15) is 5.11 Å². The van der Waals surface area contributed by atoms with Crippen molar-refractivity contribution >= 4 is 17.0 Å². The molecule has 0 aromatic carbocycles. The third-order valence-corrected chi connectivity index (χ3v) is 3.55. The lowest BCUT2D eigenvalue weighted by Crippen LogP contribution is -2.03. The van der Waals surface area contributed by atoms with Gasteiger partial charge in [-0.2, -0.15) is 0 Å². The van der Waals surface area contributed by atoms with Crippen LogP contribution < -0.4 is 5.73 Å². The van der Waals surface area contributed by atoms with Crippen molar-refractivity contribution in [1.29, 1.82) is 0 Å². The Balaban J connectivity index is 2.13. The molecule has 0 saturated heterocycles. The predicted molar refractivity (Wildman–Crippen MR) is 66.4 cm³/mol. The number of nitrogen functional groups attached to an aromatic ring is 1. The highest BCUT2D eigenvalue weighted by Crippen LogP contribution is 2.26. The number of anilines is 1. The summed E-state index contributed by atoms with van der Waals surface area (Å²) >= 11 is 1.61. The fourth-order valence-electron chi connectivity index (χ4n) is 1.55. The van der Waals surface area contributed by atoms with Crippen LogP contribution in [0.2, 0.25) is 0 Å². The number of nitrogens with two attached hydrogens (primary N) is 1. The summed E-state index contributed by atoms with van der Waals surface area (Å²) in [5, 5.41) is 10.0. The van der Waals surface area contributed by atoms with Crippen LogP contribution in [0.5, 0.6) is 0 Å². The Labute approximate surface area is 98.6 Å². The number of pyridine rings is 1. The van der Waals surface area contributed by atoms with Crippen molar-refractivity contribution in [1.82, 2.24) is 4.98 Å². The molecule has 0 fully saturated rings. The average molecular weight is 234 g/mol. The van der Waals surface area contributed by atoms with Crippen LogP contribution >= 0.6 is 11.3 Å². The highest BCUT2D eigenvalue weighted by Gasteiger charge is 2.12. The van der Waals surface area contributed by atoms with E-state index in [1.54, 1.807) is 29.8 Å². The van der Waals surface area contributed by atoms with Gasteiger partial charge < -0.3 is 10.8 Å². The highest BCUT2D eigenvalue weighted by atomic mass is 32.1. The van der Waals surface area contributed by atoms with E-state index in [-0.39, 0.29) is 0 Å². The first-order valence-electron chi connectivity index (χ1n) is 5.09. The Bertz CT molecular complexity index is 481. The van der Waals surface area contributed by atoms with E-state index < -0.39 is 6.10 Å². The Morgan fingerprint density at radius 1 is 1.44 bits per heavy atom. The second kappa shape index (κ2) is 4.63. The molecule has 3 nitrogen and oxygen atoms in total. The molecule has 3 N–H and O–H groups in total. The van der Waals surface area contributed by atoms with E-state index in [2.05, 4.69) is 4.98 Å². The molecule has 0 aliphatic heterocycles. The highest BCUT2D eigenvalue weighted by molar-refractivity contribution is 7.12. The molecule has 0 saturated carbocycles. The molecule has 0 bridgehead atoms. The number of hydrogen-bond acceptors (Lipinski definition) is 4. The van der Waals surface area contributed by atoms with Gasteiger partial charge in [-0.3, -0.25) is 4.98 Å². The molecule has 2 rings (SSSR count). The maximum absolute atomic E-state index is 10.0. The number of thiophene rings is 1. The van der Waals surface area contributed by atoms with Crippen molar-refractivity contribution in [3.8, 4) is 0 Å². The van der Waals surface area contributed by atoms with E-state index in [4.69, 9.17) is 5.73 Å². The Kier molecular flexibility index (Phi) is 3.22. The SMILES string of the molecule is Cc1ccc(C(O)Cc2cnccc2N)s1. The van der Waals surface area contributed by atoms with Gasteiger partial charge in [0.25, 0.3) is 0 Å². The van der Waals surface area contributed by atoms with Gasteiger partial charge in [-0.15, -0.1) is 11.3 Å². The van der Waals surface area contributed by atoms with Crippen LogP contribution in [-0.4, -0.2) is 10.1 Å². The van der Waals surface area contributed by atoms with Gasteiger partial charge in [-0.25, -0.2) is 0 Å². The van der Waals surface area contributed by atoms with Gasteiger partial charge in [0.05, 0.1) is 6.10 Å². The summed E-state index contributed by atoms with van der Waals surface area (Å²) in [4.78, 5) is 6.18. The molecule has 84 valence electrons. The fourth-order valence-corrected chi connectivity index (χ4v) is 2.41. The molecule has 0 aliphatic carbocycles. The molecule has 0 aliphatic rings. The van der Waals surface area contributed by atoms with Crippen LogP contribution in [0.1, 0.15) is 21.4 Å². The van der Waals surface area contributed by atoms with E-state index in [0.717, 1.165) is 10.4 Å². The molecule has 0 radical (unpaired) electrons. The summed E-state index contributed by atoms with van der Waals surface area (Å²) in [6, 6.07) is 5.72. The van der Waals surface area contributed by atoms with Crippen molar-refractivity contribution in [2.24, 2.45) is 0 Å². The quantitative estimate of drug-likeness (QED) is 0.856. The fraction of sp³-hybridized carbons (Fsp3) is 0.250. The second-order valence-corrected chi connectivity index (χ2v) is 5.06. The maximum Gasteiger partial charge on any atom is 0.0923 e. The zero-order valence-corrected chi connectivity index (χ0v) is 9.87. The number of nitrogens with zero attached hydrogens (tertiary/aromatic N) is 1. The van der Waals surface area contributed by atoms with Crippen molar-refractivity contribution in [3.05, 3.63) is 45.9 Å². The van der Waals surface area contributed by atoms with Crippen LogP contribution in [0, 0.1) is 6.92 Å². The van der Waals surface area contributed by atoms with Gasteiger partial charge in [-0.05, 0) is 30.7 Å². The predicted octanol–water partition coefficient (Wildman–Crippen LogP) is 2.31. The van der Waals surface area contributed by atoms with Gasteiger partial charge >= 0.3 is 0 Å². The zero-order valence-electron chi connectivity index (χ0n) is 9.05. The molecular formula is C12H14N2OS. The number of aliphatic hydroxyl groups excluding tert-OH is 1. The molecule has 16 heavy (non-hydrogen) atoms. The summed E-state index contributed by atoms with van der Waals surface area (Å²) in [5.74, 6) is 0. The van der Waals surface area contributed by atoms with Crippen molar-refractivity contribution < 1.29 is 5.11 Å². The van der Waals surface area contributed by atoms with Gasteiger partial charge in [0.15, 0.2) is 0 Å². The van der Waals surface area contributed by atoms with Crippen molar-refractivity contribution in [3.63, 3.8) is 0 Å². The summed E-state index contributed by atoms with van der Waals surface area (Å²) in [7, 11) is 0. The van der Waals surface area contributed by atoms with Crippen LogP contribution in [0.25, 0.3) is 0 Å². The standard InChI is InChI=1S/C12H14N2OS/c1-8-2-3-12(16-8)11(15)6-9-7-14-5-4-10(9)13/h2-5,7,11,15H,6H2,1H3,(H2,13,14). The van der Waals surface area contributed by atoms with Gasteiger partial charge in [0.2, 0.25) is 0 Å². The van der Waals surface area contributed by atoms with Crippen molar-refractivity contribution in [2.45, 2.75) is 19.4 Å². The smallest absolute Gasteiger partial charge is 0.0923 e. The Hall–Kier alpha value is -1.39. The average Bonchev–Trinajstić information content (AvgIpc) is 2.68. The number of rotatable bonds is 3. The number of aliphatic hydroxyl groups is 1. The largest absolute Gasteiger partial charge is 0.398 e. The molecule has 2 aromatic heterocycles. The third kappa shape index (κ3) is 2.40. The Morgan fingerprint density at radius 3 is 2.88 bits per heavy atom. The summed E-state index contributed by atoms with van der Waals surface area (Å²) < 4.78 is 0. The van der Waals surface area contributed by atoms with Crippen LogP contribution in [0.15, 0.2) is 30.6 Å². The summed E-state index contributed by atoms with van der Waals surface area (Å²) in [5.41, 5.74) is 7.38. The third-order valence-electron chi connectivity index (χ3n) is 2.44. The molecule has 1 atom stereocenters. The number of aryl methyl sites for hydroxylation is 1. The zero-order chi connectivity index (χ0) is 11.5. The molecular weight excluding hydrogens is 220 g/mol. The monoisotopic (exact) mass is 234 g/mol. The summed E-state index contributed by atoms with van der Waals surface area (Å²) in [6.07, 6.45) is 3.38. The number of aromatic nitrogens is 1. The van der Waals surface area contributed by atoms with E-state index in [0.29, 0.717) is 12.1 Å². The minimum absolute atomic E-state index is 0.495. The lowest BCUT2D eigenvalue weighted by molar-refractivity contribution is 0.182. The van der Waals surface area contributed by atoms with Crippen LogP contribution in [-0.2, 0) is 6.42 Å². The van der Waals surface area contributed by atoms with Crippen LogP contribution in [0.4, 0.5) is 5.69 Å². The maximum atomic E-state index is 10.0. The number of hydrogen-bond donors (Lipinski definition) is 2. The lowest BCUT2D eigenvalue weighted by Gasteiger charge is -2.09. The van der Waals surface area contributed by atoms with E-state index >= 15 is 0 Å². The molecule has 2 aromatic rings. The molecule has 0 spiro atoms.